The van der Waals surface area contributed by atoms with E-state index >= 15 is 0 Å². The van der Waals surface area contributed by atoms with E-state index < -0.39 is 0 Å². The van der Waals surface area contributed by atoms with Gasteiger partial charge in [-0.25, -0.2) is 4.98 Å². The number of benzene rings is 1. The van der Waals surface area contributed by atoms with E-state index in [1.54, 1.807) is 11.3 Å². The summed E-state index contributed by atoms with van der Waals surface area (Å²) in [7, 11) is 0. The lowest BCUT2D eigenvalue weighted by atomic mass is 10.1. The van der Waals surface area contributed by atoms with Crippen LogP contribution in [0, 0.1) is 6.92 Å². The van der Waals surface area contributed by atoms with Crippen LogP contribution in [0.15, 0.2) is 29.6 Å². The number of aromatic nitrogens is 1. The Balaban J connectivity index is 1.62. The lowest BCUT2D eigenvalue weighted by Crippen LogP contribution is -2.37. The monoisotopic (exact) mass is 303 g/mol. The molecule has 1 aromatic carbocycles. The first-order chi connectivity index (χ1) is 10.2. The van der Waals surface area contributed by atoms with Gasteiger partial charge in [-0.15, -0.1) is 11.3 Å². The van der Waals surface area contributed by atoms with Crippen LogP contribution in [0.2, 0.25) is 0 Å². The van der Waals surface area contributed by atoms with Gasteiger partial charge in [0.1, 0.15) is 0 Å². The molecule has 2 heterocycles. The smallest absolute Gasteiger partial charge is 0.187 e. The Morgan fingerprint density at radius 1 is 1.43 bits per heavy atom. The molecule has 0 spiro atoms. The molecule has 1 aliphatic heterocycles. The van der Waals surface area contributed by atoms with Crippen molar-refractivity contribution >= 4 is 22.2 Å². The summed E-state index contributed by atoms with van der Waals surface area (Å²) in [5.41, 5.74) is 3.39. The molecule has 1 unspecified atom stereocenters. The number of hydrogen-bond donors (Lipinski definition) is 2. The van der Waals surface area contributed by atoms with E-state index in [9.17, 15) is 5.11 Å². The number of para-hydroxylation sites is 1. The second-order valence-electron chi connectivity index (χ2n) is 5.62. The Labute approximate surface area is 129 Å². The fourth-order valence-corrected chi connectivity index (χ4v) is 3.38. The van der Waals surface area contributed by atoms with E-state index in [0.29, 0.717) is 0 Å². The Bertz CT molecular complexity index is 599. The van der Waals surface area contributed by atoms with E-state index in [1.807, 2.05) is 12.1 Å². The standard InChI is InChI=1S/C16H21N3OS/c1-12-5-2-3-7-15(12)18-16-17-13(11-21-16)9-19-8-4-6-14(20)10-19/h2-3,5,7,11,14,20H,4,6,8-10H2,1H3,(H,17,18). The van der Waals surface area contributed by atoms with E-state index in [2.05, 4.69) is 39.6 Å². The highest BCUT2D eigenvalue weighted by Gasteiger charge is 2.18. The summed E-state index contributed by atoms with van der Waals surface area (Å²) in [6, 6.07) is 8.22. The maximum Gasteiger partial charge on any atom is 0.187 e. The van der Waals surface area contributed by atoms with Crippen molar-refractivity contribution in [2.45, 2.75) is 32.4 Å². The molecule has 2 N–H and O–H groups in total. The molecule has 0 aliphatic carbocycles. The van der Waals surface area contributed by atoms with E-state index in [0.717, 1.165) is 49.0 Å². The fourth-order valence-electron chi connectivity index (χ4n) is 2.67. The van der Waals surface area contributed by atoms with Crippen molar-refractivity contribution < 1.29 is 5.11 Å². The zero-order valence-corrected chi connectivity index (χ0v) is 13.1. The highest BCUT2D eigenvalue weighted by atomic mass is 32.1. The van der Waals surface area contributed by atoms with E-state index in [4.69, 9.17) is 0 Å². The highest BCUT2D eigenvalue weighted by Crippen LogP contribution is 2.24. The third-order valence-corrected chi connectivity index (χ3v) is 4.61. The Kier molecular flexibility index (Phi) is 4.53. The van der Waals surface area contributed by atoms with Crippen molar-refractivity contribution in [2.75, 3.05) is 18.4 Å². The molecule has 1 aliphatic rings. The fraction of sp³-hybridized carbons (Fsp3) is 0.438. The van der Waals surface area contributed by atoms with Crippen LogP contribution in [0.25, 0.3) is 0 Å². The third kappa shape index (κ3) is 3.81. The number of β-amino-alcohol motifs (C(OH)–C–C–N with tert-alkyl or cyclic N) is 1. The number of aliphatic hydroxyl groups excluding tert-OH is 1. The maximum absolute atomic E-state index is 9.72. The van der Waals surface area contributed by atoms with Gasteiger partial charge in [-0.3, -0.25) is 4.90 Å². The third-order valence-electron chi connectivity index (χ3n) is 3.80. The second kappa shape index (κ2) is 6.56. The summed E-state index contributed by atoms with van der Waals surface area (Å²) < 4.78 is 0. The first-order valence-electron chi connectivity index (χ1n) is 7.38. The summed E-state index contributed by atoms with van der Waals surface area (Å²) in [6.07, 6.45) is 1.81. The average Bonchev–Trinajstić information content (AvgIpc) is 2.89. The molecule has 1 saturated heterocycles. The molecule has 1 atom stereocenters. The van der Waals surface area contributed by atoms with Crippen molar-refractivity contribution in [1.82, 2.24) is 9.88 Å². The lowest BCUT2D eigenvalue weighted by Gasteiger charge is -2.29. The molecular formula is C16H21N3OS. The molecule has 0 bridgehead atoms. The van der Waals surface area contributed by atoms with Crippen LogP contribution in [0.1, 0.15) is 24.1 Å². The second-order valence-corrected chi connectivity index (χ2v) is 6.47. The number of rotatable bonds is 4. The van der Waals surface area contributed by atoms with E-state index in [-0.39, 0.29) is 6.10 Å². The van der Waals surface area contributed by atoms with Gasteiger partial charge in [0, 0.05) is 24.2 Å². The van der Waals surface area contributed by atoms with Crippen molar-refractivity contribution in [3.63, 3.8) is 0 Å². The Morgan fingerprint density at radius 3 is 3.10 bits per heavy atom. The number of hydrogen-bond acceptors (Lipinski definition) is 5. The number of nitrogens with one attached hydrogen (secondary N) is 1. The van der Waals surface area contributed by atoms with Crippen LogP contribution < -0.4 is 5.32 Å². The highest BCUT2D eigenvalue weighted by molar-refractivity contribution is 7.13. The molecule has 5 heteroatoms. The molecule has 0 amide bonds. The minimum Gasteiger partial charge on any atom is -0.392 e. The molecule has 21 heavy (non-hydrogen) atoms. The summed E-state index contributed by atoms with van der Waals surface area (Å²) >= 11 is 1.63. The first kappa shape index (κ1) is 14.5. The molecule has 3 rings (SSSR count). The number of likely N-dealkylation sites (tertiary alicyclic amines) is 1. The van der Waals surface area contributed by atoms with Gasteiger partial charge in [0.15, 0.2) is 5.13 Å². The quantitative estimate of drug-likeness (QED) is 0.911. The van der Waals surface area contributed by atoms with Crippen molar-refractivity contribution in [1.29, 1.82) is 0 Å². The normalized spacial score (nSPS) is 19.6. The van der Waals surface area contributed by atoms with E-state index in [1.165, 1.54) is 5.56 Å². The summed E-state index contributed by atoms with van der Waals surface area (Å²) in [6.45, 7) is 4.72. The summed E-state index contributed by atoms with van der Waals surface area (Å²) in [4.78, 5) is 6.93. The first-order valence-corrected chi connectivity index (χ1v) is 8.26. The van der Waals surface area contributed by atoms with Crippen molar-refractivity contribution in [3.8, 4) is 0 Å². The Hall–Kier alpha value is -1.43. The maximum atomic E-state index is 9.72. The largest absolute Gasteiger partial charge is 0.392 e. The minimum absolute atomic E-state index is 0.179. The van der Waals surface area contributed by atoms with Gasteiger partial charge < -0.3 is 10.4 Å². The average molecular weight is 303 g/mol. The molecule has 4 nitrogen and oxygen atoms in total. The molecule has 1 aromatic heterocycles. The molecule has 112 valence electrons. The van der Waals surface area contributed by atoms with Crippen LogP contribution in [0.4, 0.5) is 10.8 Å². The van der Waals surface area contributed by atoms with Crippen LogP contribution >= 0.6 is 11.3 Å². The van der Waals surface area contributed by atoms with Crippen LogP contribution in [0.3, 0.4) is 0 Å². The summed E-state index contributed by atoms with van der Waals surface area (Å²) in [5, 5.41) is 16.1. The topological polar surface area (TPSA) is 48.4 Å². The molecular weight excluding hydrogens is 282 g/mol. The van der Waals surface area contributed by atoms with Gasteiger partial charge in [-0.1, -0.05) is 18.2 Å². The lowest BCUT2D eigenvalue weighted by molar-refractivity contribution is 0.0663. The predicted octanol–water partition coefficient (Wildman–Crippen LogP) is 3.15. The summed E-state index contributed by atoms with van der Waals surface area (Å²) in [5.74, 6) is 0. The number of aliphatic hydroxyl groups is 1. The van der Waals surface area contributed by atoms with Gasteiger partial charge in [-0.2, -0.15) is 0 Å². The van der Waals surface area contributed by atoms with Crippen LogP contribution in [-0.2, 0) is 6.54 Å². The molecule has 2 aromatic rings. The zero-order valence-electron chi connectivity index (χ0n) is 12.2. The Morgan fingerprint density at radius 2 is 2.29 bits per heavy atom. The van der Waals surface area contributed by atoms with Crippen LogP contribution in [-0.4, -0.2) is 34.2 Å². The number of aryl methyl sites for hydroxylation is 1. The SMILES string of the molecule is Cc1ccccc1Nc1nc(CN2CCCC(O)C2)cs1. The number of thiazole rings is 1. The van der Waals surface area contributed by atoms with Gasteiger partial charge in [0.25, 0.3) is 0 Å². The van der Waals surface area contributed by atoms with Gasteiger partial charge in [-0.05, 0) is 37.9 Å². The van der Waals surface area contributed by atoms with Crippen molar-refractivity contribution in [3.05, 3.63) is 40.9 Å². The zero-order chi connectivity index (χ0) is 14.7. The molecule has 1 fully saturated rings. The van der Waals surface area contributed by atoms with Crippen LogP contribution in [0.5, 0.6) is 0 Å². The van der Waals surface area contributed by atoms with Crippen molar-refractivity contribution in [2.24, 2.45) is 0 Å². The minimum atomic E-state index is -0.179. The predicted molar refractivity (Wildman–Crippen MR) is 87.1 cm³/mol. The number of piperidine rings is 1. The van der Waals surface area contributed by atoms with Gasteiger partial charge >= 0.3 is 0 Å². The molecule has 0 saturated carbocycles. The molecule has 0 radical (unpaired) electrons. The van der Waals surface area contributed by atoms with Gasteiger partial charge in [0.2, 0.25) is 0 Å². The number of nitrogens with zero attached hydrogens (tertiary/aromatic N) is 2. The number of anilines is 2. The van der Waals surface area contributed by atoms with Gasteiger partial charge in [0.05, 0.1) is 11.8 Å².